The molecule has 0 atom stereocenters. The maximum Gasteiger partial charge on any atom is 0.283 e. The first-order chi connectivity index (χ1) is 10.5. The van der Waals surface area contributed by atoms with Crippen molar-refractivity contribution in [2.24, 2.45) is 5.10 Å². The van der Waals surface area contributed by atoms with Crippen molar-refractivity contribution in [3.8, 4) is 0 Å². The van der Waals surface area contributed by atoms with Crippen LogP contribution in [0.3, 0.4) is 0 Å². The van der Waals surface area contributed by atoms with Crippen LogP contribution in [0.15, 0.2) is 29.4 Å². The van der Waals surface area contributed by atoms with Gasteiger partial charge in [0.05, 0.1) is 11.9 Å². The van der Waals surface area contributed by atoms with Crippen molar-refractivity contribution >= 4 is 34.3 Å². The molecule has 0 fully saturated rings. The molecular weight excluding hydrogens is 298 g/mol. The smallest absolute Gasteiger partial charge is 0.283 e. The molecule has 1 heterocycles. The summed E-state index contributed by atoms with van der Waals surface area (Å²) in [6.07, 6.45) is 2.26. The van der Waals surface area contributed by atoms with Gasteiger partial charge in [-0.15, -0.1) is 0 Å². The van der Waals surface area contributed by atoms with Gasteiger partial charge in [0.2, 0.25) is 0 Å². The zero-order valence-corrected chi connectivity index (χ0v) is 13.6. The fourth-order valence-corrected chi connectivity index (χ4v) is 2.67. The van der Waals surface area contributed by atoms with E-state index < -0.39 is 0 Å². The maximum absolute atomic E-state index is 12.1. The Bertz CT molecular complexity index is 676. The largest absolute Gasteiger partial charge is 0.378 e. The van der Waals surface area contributed by atoms with Crippen molar-refractivity contribution in [1.82, 2.24) is 10.4 Å². The lowest BCUT2D eigenvalue weighted by Crippen LogP contribution is -2.17. The van der Waals surface area contributed by atoms with E-state index in [1.807, 2.05) is 50.2 Å². The van der Waals surface area contributed by atoms with E-state index in [4.69, 9.17) is 5.73 Å². The Hall–Kier alpha value is -2.41. The number of nitrogen functional groups attached to an aromatic ring is 1. The number of nitrogens with two attached hydrogens (primary N) is 1. The minimum absolute atomic E-state index is 0.285. The molecule has 2 aromatic rings. The highest BCUT2D eigenvalue weighted by Crippen LogP contribution is 2.20. The Morgan fingerprint density at radius 2 is 2.09 bits per heavy atom. The zero-order chi connectivity index (χ0) is 16.1. The third-order valence-corrected chi connectivity index (χ3v) is 3.97. The molecule has 7 heteroatoms. The van der Waals surface area contributed by atoms with Crippen LogP contribution in [0.1, 0.15) is 27.9 Å². The molecular formula is C15H19N5OS. The van der Waals surface area contributed by atoms with E-state index in [1.165, 1.54) is 11.3 Å². The highest BCUT2D eigenvalue weighted by Gasteiger charge is 2.15. The summed E-state index contributed by atoms with van der Waals surface area (Å²) in [6.45, 7) is 1.93. The van der Waals surface area contributed by atoms with E-state index in [9.17, 15) is 4.79 Å². The van der Waals surface area contributed by atoms with Gasteiger partial charge in [-0.05, 0) is 24.1 Å². The van der Waals surface area contributed by atoms with E-state index in [1.54, 1.807) is 6.21 Å². The first-order valence-electron chi connectivity index (χ1n) is 6.87. The first kappa shape index (κ1) is 16.0. The number of carbonyl (C=O) groups is 1. The van der Waals surface area contributed by atoms with Gasteiger partial charge in [0.15, 0.2) is 5.13 Å². The predicted molar refractivity (Wildman–Crippen MR) is 91.7 cm³/mol. The van der Waals surface area contributed by atoms with Crippen molar-refractivity contribution in [1.29, 1.82) is 0 Å². The second-order valence-electron chi connectivity index (χ2n) is 4.87. The van der Waals surface area contributed by atoms with Crippen molar-refractivity contribution in [3.05, 3.63) is 40.4 Å². The van der Waals surface area contributed by atoms with Crippen LogP contribution in [0.2, 0.25) is 0 Å². The summed E-state index contributed by atoms with van der Waals surface area (Å²) in [7, 11) is 3.96. The summed E-state index contributed by atoms with van der Waals surface area (Å²) in [5, 5.41) is 4.37. The fourth-order valence-electron chi connectivity index (χ4n) is 1.86. The van der Waals surface area contributed by atoms with Crippen molar-refractivity contribution in [3.63, 3.8) is 0 Å². The number of aromatic nitrogens is 1. The van der Waals surface area contributed by atoms with E-state index in [2.05, 4.69) is 15.5 Å². The number of hydrogen-bond donors (Lipinski definition) is 2. The summed E-state index contributed by atoms with van der Waals surface area (Å²) in [5.74, 6) is -0.285. The fraction of sp³-hybridized carbons (Fsp3) is 0.267. The van der Waals surface area contributed by atoms with E-state index in [0.29, 0.717) is 22.1 Å². The molecule has 0 aliphatic carbocycles. The molecule has 0 radical (unpaired) electrons. The Balaban J connectivity index is 2.01. The molecule has 0 bridgehead atoms. The summed E-state index contributed by atoms with van der Waals surface area (Å²) in [4.78, 5) is 18.7. The Morgan fingerprint density at radius 1 is 1.41 bits per heavy atom. The molecule has 0 spiro atoms. The van der Waals surface area contributed by atoms with Gasteiger partial charge in [0, 0.05) is 19.8 Å². The van der Waals surface area contributed by atoms with Crippen molar-refractivity contribution < 1.29 is 4.79 Å². The molecule has 116 valence electrons. The number of hydrogen-bond acceptors (Lipinski definition) is 6. The third-order valence-electron chi connectivity index (χ3n) is 3.04. The van der Waals surface area contributed by atoms with Gasteiger partial charge in [-0.3, -0.25) is 4.79 Å². The monoisotopic (exact) mass is 317 g/mol. The van der Waals surface area contributed by atoms with Gasteiger partial charge in [-0.1, -0.05) is 30.4 Å². The van der Waals surface area contributed by atoms with Gasteiger partial charge in [0.1, 0.15) is 4.88 Å². The molecule has 3 N–H and O–H groups in total. The normalized spacial score (nSPS) is 10.9. The number of benzene rings is 1. The molecule has 0 unspecified atom stereocenters. The quantitative estimate of drug-likeness (QED) is 0.653. The minimum Gasteiger partial charge on any atom is -0.378 e. The Morgan fingerprint density at radius 3 is 2.68 bits per heavy atom. The zero-order valence-electron chi connectivity index (χ0n) is 12.8. The van der Waals surface area contributed by atoms with Gasteiger partial charge in [-0.2, -0.15) is 5.10 Å². The number of carbonyl (C=O) groups excluding carboxylic acids is 1. The lowest BCUT2D eigenvalue weighted by Gasteiger charge is -2.11. The molecule has 6 nitrogen and oxygen atoms in total. The van der Waals surface area contributed by atoms with Crippen molar-refractivity contribution in [2.75, 3.05) is 24.7 Å². The highest BCUT2D eigenvalue weighted by atomic mass is 32.1. The predicted octanol–water partition coefficient (Wildman–Crippen LogP) is 2.12. The number of thiazole rings is 1. The molecule has 1 aromatic heterocycles. The number of rotatable bonds is 5. The molecule has 0 saturated heterocycles. The number of hydrazone groups is 1. The Kier molecular flexibility index (Phi) is 5.11. The van der Waals surface area contributed by atoms with E-state index in [0.717, 1.165) is 11.3 Å². The highest BCUT2D eigenvalue weighted by molar-refractivity contribution is 7.17. The summed E-state index contributed by atoms with van der Waals surface area (Å²) >= 11 is 1.17. The molecule has 22 heavy (non-hydrogen) atoms. The number of amides is 1. The maximum atomic E-state index is 12.1. The van der Waals surface area contributed by atoms with Crippen LogP contribution in [0.25, 0.3) is 0 Å². The standard InChI is InChI=1S/C15H19N5OS/c1-4-12-13(22-15(16)18-12)14(21)19-17-9-10-5-7-11(8-6-10)20(2)3/h5-9H,4H2,1-3H3,(H2,16,18)(H,19,21)/b17-9+. The van der Waals surface area contributed by atoms with E-state index >= 15 is 0 Å². The number of anilines is 2. The average molecular weight is 317 g/mol. The minimum atomic E-state index is -0.285. The van der Waals surface area contributed by atoms with Crippen LogP contribution >= 0.6 is 11.3 Å². The lowest BCUT2D eigenvalue weighted by atomic mass is 10.2. The van der Waals surface area contributed by atoms with Crippen molar-refractivity contribution in [2.45, 2.75) is 13.3 Å². The van der Waals surface area contributed by atoms with Crippen LogP contribution in [-0.2, 0) is 6.42 Å². The molecule has 0 aliphatic rings. The average Bonchev–Trinajstić information content (AvgIpc) is 2.89. The van der Waals surface area contributed by atoms with Gasteiger partial charge < -0.3 is 10.6 Å². The van der Waals surface area contributed by atoms with Crippen LogP contribution in [0, 0.1) is 0 Å². The second-order valence-corrected chi connectivity index (χ2v) is 5.90. The van der Waals surface area contributed by atoms with Crippen LogP contribution in [0.5, 0.6) is 0 Å². The molecule has 2 rings (SSSR count). The third kappa shape index (κ3) is 3.82. The first-order valence-corrected chi connectivity index (χ1v) is 7.69. The summed E-state index contributed by atoms with van der Waals surface area (Å²) < 4.78 is 0. The molecule has 1 amide bonds. The lowest BCUT2D eigenvalue weighted by molar-refractivity contribution is 0.0958. The topological polar surface area (TPSA) is 83.6 Å². The van der Waals surface area contributed by atoms with Crippen LogP contribution in [-0.4, -0.2) is 31.2 Å². The molecule has 0 aliphatic heterocycles. The number of aryl methyl sites for hydroxylation is 1. The van der Waals surface area contributed by atoms with Gasteiger partial charge in [0.25, 0.3) is 5.91 Å². The second kappa shape index (κ2) is 7.04. The van der Waals surface area contributed by atoms with Gasteiger partial charge in [-0.25, -0.2) is 10.4 Å². The number of nitrogens with zero attached hydrogens (tertiary/aromatic N) is 3. The van der Waals surface area contributed by atoms with Crippen LogP contribution in [0.4, 0.5) is 10.8 Å². The van der Waals surface area contributed by atoms with E-state index in [-0.39, 0.29) is 5.91 Å². The SMILES string of the molecule is CCc1nc(N)sc1C(=O)N/N=C/c1ccc(N(C)C)cc1. The van der Waals surface area contributed by atoms with Crippen LogP contribution < -0.4 is 16.1 Å². The van der Waals surface area contributed by atoms with Gasteiger partial charge >= 0.3 is 0 Å². The molecule has 1 aromatic carbocycles. The number of nitrogens with one attached hydrogen (secondary N) is 1. The summed E-state index contributed by atoms with van der Waals surface area (Å²) in [5.41, 5.74) is 10.9. The molecule has 0 saturated carbocycles. The summed E-state index contributed by atoms with van der Waals surface area (Å²) in [6, 6.07) is 7.85. The Labute approximate surface area is 133 Å².